The summed E-state index contributed by atoms with van der Waals surface area (Å²) < 4.78 is 4.70. The number of nitrogens with two attached hydrogens (primary N) is 1. The molecule has 0 aliphatic heterocycles. The number of hydrogen-bond acceptors (Lipinski definition) is 5. The minimum Gasteiger partial charge on any atom is -0.469 e. The van der Waals surface area contributed by atoms with Crippen molar-refractivity contribution in [2.75, 3.05) is 7.11 Å². The van der Waals surface area contributed by atoms with Crippen LogP contribution in [0.4, 0.5) is 0 Å². The number of ether oxygens (including phenoxy) is 1. The molecule has 2 rings (SSSR count). The first-order chi connectivity index (χ1) is 9.61. The minimum atomic E-state index is -0.334. The molecule has 0 radical (unpaired) electrons. The second kappa shape index (κ2) is 6.85. The monoisotopic (exact) mass is 296 g/mol. The van der Waals surface area contributed by atoms with E-state index in [-0.39, 0.29) is 36.3 Å². The molecular weight excluding hydrogens is 276 g/mol. The van der Waals surface area contributed by atoms with Gasteiger partial charge in [-0.1, -0.05) is 12.5 Å². The standard InChI is InChI=1S/C14H20N2O3S/c1-19-13(17)8-11(12-6-3-7-20-12)16-14(18)9-4-2-5-10(9)15/h3,6-7,9-11H,2,4-5,8,15H2,1H3,(H,16,18). The molecule has 0 bridgehead atoms. The third-order valence-corrected chi connectivity index (χ3v) is 4.69. The molecule has 3 atom stereocenters. The Hall–Kier alpha value is -1.40. The van der Waals surface area contributed by atoms with Gasteiger partial charge in [0.05, 0.1) is 25.5 Å². The third kappa shape index (κ3) is 3.58. The first-order valence-electron chi connectivity index (χ1n) is 6.78. The molecule has 5 nitrogen and oxygen atoms in total. The van der Waals surface area contributed by atoms with Crippen LogP contribution in [0.5, 0.6) is 0 Å². The highest BCUT2D eigenvalue weighted by Crippen LogP contribution is 2.27. The van der Waals surface area contributed by atoms with Crippen LogP contribution in [0.3, 0.4) is 0 Å². The van der Waals surface area contributed by atoms with E-state index in [1.165, 1.54) is 18.4 Å². The van der Waals surface area contributed by atoms with Gasteiger partial charge in [0.1, 0.15) is 0 Å². The summed E-state index contributed by atoms with van der Waals surface area (Å²) in [6.45, 7) is 0. The Kier molecular flexibility index (Phi) is 5.14. The maximum Gasteiger partial charge on any atom is 0.307 e. The molecule has 1 amide bonds. The maximum absolute atomic E-state index is 12.3. The molecule has 0 saturated heterocycles. The largest absolute Gasteiger partial charge is 0.469 e. The van der Waals surface area contributed by atoms with Gasteiger partial charge in [0.15, 0.2) is 0 Å². The van der Waals surface area contributed by atoms with Gasteiger partial charge in [0, 0.05) is 10.9 Å². The van der Waals surface area contributed by atoms with Crippen molar-refractivity contribution in [3.05, 3.63) is 22.4 Å². The Morgan fingerprint density at radius 1 is 1.55 bits per heavy atom. The van der Waals surface area contributed by atoms with Crippen LogP contribution in [0, 0.1) is 5.92 Å². The second-order valence-corrected chi connectivity index (χ2v) is 6.04. The van der Waals surface area contributed by atoms with Crippen molar-refractivity contribution in [1.29, 1.82) is 0 Å². The summed E-state index contributed by atoms with van der Waals surface area (Å²) in [5.74, 6) is -0.535. The number of carbonyl (C=O) groups excluding carboxylic acids is 2. The van der Waals surface area contributed by atoms with Crippen molar-refractivity contribution in [1.82, 2.24) is 5.32 Å². The normalized spacial score (nSPS) is 23.3. The van der Waals surface area contributed by atoms with Crippen LogP contribution in [0.25, 0.3) is 0 Å². The fraction of sp³-hybridized carbons (Fsp3) is 0.571. The van der Waals surface area contributed by atoms with Gasteiger partial charge < -0.3 is 15.8 Å². The summed E-state index contributed by atoms with van der Waals surface area (Å²) in [6, 6.07) is 3.41. The van der Waals surface area contributed by atoms with Gasteiger partial charge in [0.2, 0.25) is 5.91 Å². The van der Waals surface area contributed by atoms with E-state index >= 15 is 0 Å². The van der Waals surface area contributed by atoms with Crippen LogP contribution >= 0.6 is 11.3 Å². The van der Waals surface area contributed by atoms with Crippen LogP contribution < -0.4 is 11.1 Å². The van der Waals surface area contributed by atoms with Gasteiger partial charge >= 0.3 is 5.97 Å². The molecule has 1 aromatic heterocycles. The molecule has 3 unspecified atom stereocenters. The van der Waals surface area contributed by atoms with Crippen molar-refractivity contribution >= 4 is 23.2 Å². The lowest BCUT2D eigenvalue weighted by molar-refractivity contribution is -0.141. The van der Waals surface area contributed by atoms with Crippen molar-refractivity contribution in [2.45, 2.75) is 37.8 Å². The number of rotatable bonds is 5. The number of nitrogens with one attached hydrogen (secondary N) is 1. The van der Waals surface area contributed by atoms with Gasteiger partial charge in [-0.05, 0) is 24.3 Å². The average molecular weight is 296 g/mol. The smallest absolute Gasteiger partial charge is 0.307 e. The SMILES string of the molecule is COC(=O)CC(NC(=O)C1CCCC1N)c1cccs1. The highest BCUT2D eigenvalue weighted by molar-refractivity contribution is 7.10. The van der Waals surface area contributed by atoms with Crippen LogP contribution in [-0.2, 0) is 14.3 Å². The molecule has 0 aromatic carbocycles. The Balaban J connectivity index is 2.03. The predicted octanol–water partition coefficient (Wildman–Crippen LogP) is 1.60. The molecule has 1 heterocycles. The first-order valence-corrected chi connectivity index (χ1v) is 7.66. The van der Waals surface area contributed by atoms with Crippen LogP contribution in [0.1, 0.15) is 36.6 Å². The molecule has 6 heteroatoms. The van der Waals surface area contributed by atoms with E-state index in [9.17, 15) is 9.59 Å². The van der Waals surface area contributed by atoms with E-state index in [1.807, 2.05) is 17.5 Å². The minimum absolute atomic E-state index is 0.0581. The lowest BCUT2D eigenvalue weighted by atomic mass is 10.0. The number of thiophene rings is 1. The van der Waals surface area contributed by atoms with Crippen molar-refractivity contribution in [2.24, 2.45) is 11.7 Å². The average Bonchev–Trinajstić information content (AvgIpc) is 3.08. The fourth-order valence-electron chi connectivity index (χ4n) is 2.56. The number of hydrogen-bond donors (Lipinski definition) is 2. The van der Waals surface area contributed by atoms with Crippen LogP contribution in [0.2, 0.25) is 0 Å². The van der Waals surface area contributed by atoms with Crippen molar-refractivity contribution in [3.63, 3.8) is 0 Å². The molecule has 1 aromatic rings. The van der Waals surface area contributed by atoms with E-state index in [0.717, 1.165) is 24.1 Å². The van der Waals surface area contributed by atoms with Gasteiger partial charge in [-0.15, -0.1) is 11.3 Å². The number of methoxy groups -OCH3 is 1. The highest BCUT2D eigenvalue weighted by Gasteiger charge is 2.32. The zero-order valence-electron chi connectivity index (χ0n) is 11.5. The molecule has 3 N–H and O–H groups in total. The van der Waals surface area contributed by atoms with E-state index < -0.39 is 0 Å². The van der Waals surface area contributed by atoms with Gasteiger partial charge in [0.25, 0.3) is 0 Å². The Labute approximate surface area is 122 Å². The second-order valence-electron chi connectivity index (χ2n) is 5.06. The van der Waals surface area contributed by atoms with Gasteiger partial charge in [-0.25, -0.2) is 0 Å². The van der Waals surface area contributed by atoms with Crippen LogP contribution in [0.15, 0.2) is 17.5 Å². The van der Waals surface area contributed by atoms with Crippen molar-refractivity contribution in [3.8, 4) is 0 Å². The molecule has 20 heavy (non-hydrogen) atoms. The molecule has 1 aliphatic rings. The van der Waals surface area contributed by atoms with Crippen molar-refractivity contribution < 1.29 is 14.3 Å². The molecule has 1 aliphatic carbocycles. The van der Waals surface area contributed by atoms with Gasteiger partial charge in [-0.2, -0.15) is 0 Å². The molecular formula is C14H20N2O3S. The third-order valence-electron chi connectivity index (χ3n) is 3.71. The topological polar surface area (TPSA) is 81.4 Å². The number of esters is 1. The molecule has 1 fully saturated rings. The van der Waals surface area contributed by atoms with E-state index in [1.54, 1.807) is 0 Å². The summed E-state index contributed by atoms with van der Waals surface area (Å²) >= 11 is 1.52. The summed E-state index contributed by atoms with van der Waals surface area (Å²) in [6.07, 6.45) is 2.84. The first kappa shape index (κ1) is 15.0. The van der Waals surface area contributed by atoms with E-state index in [4.69, 9.17) is 10.5 Å². The quantitative estimate of drug-likeness (QED) is 0.809. The zero-order chi connectivity index (χ0) is 14.5. The Morgan fingerprint density at radius 2 is 2.35 bits per heavy atom. The molecule has 0 spiro atoms. The number of amides is 1. The predicted molar refractivity (Wildman–Crippen MR) is 77.2 cm³/mol. The number of carbonyl (C=O) groups is 2. The summed E-state index contributed by atoms with van der Waals surface area (Å²) in [5, 5.41) is 4.87. The fourth-order valence-corrected chi connectivity index (χ4v) is 3.33. The Morgan fingerprint density at radius 3 is 2.90 bits per heavy atom. The maximum atomic E-state index is 12.3. The lowest BCUT2D eigenvalue weighted by Gasteiger charge is -2.21. The molecule has 110 valence electrons. The van der Waals surface area contributed by atoms with Crippen LogP contribution in [-0.4, -0.2) is 25.0 Å². The molecule has 1 saturated carbocycles. The van der Waals surface area contributed by atoms with E-state index in [0.29, 0.717) is 0 Å². The summed E-state index contributed by atoms with van der Waals surface area (Å²) in [5.41, 5.74) is 5.95. The zero-order valence-corrected chi connectivity index (χ0v) is 12.3. The van der Waals surface area contributed by atoms with E-state index in [2.05, 4.69) is 5.32 Å². The summed E-state index contributed by atoms with van der Waals surface area (Å²) in [4.78, 5) is 24.7. The van der Waals surface area contributed by atoms with Gasteiger partial charge in [-0.3, -0.25) is 9.59 Å². The summed E-state index contributed by atoms with van der Waals surface area (Å²) in [7, 11) is 1.35. The Bertz CT molecular complexity index is 461. The highest BCUT2D eigenvalue weighted by atomic mass is 32.1. The lowest BCUT2D eigenvalue weighted by Crippen LogP contribution is -2.40.